The summed E-state index contributed by atoms with van der Waals surface area (Å²) in [6, 6.07) is 0. The van der Waals surface area contributed by atoms with Crippen molar-refractivity contribution in [3.63, 3.8) is 0 Å². The molecule has 3 nitrogen and oxygen atoms in total. The first-order chi connectivity index (χ1) is 14.5. The fourth-order valence-electron chi connectivity index (χ4n) is 9.45. The molecule has 0 aromatic heterocycles. The number of rotatable bonds is 6. The normalized spacial score (nSPS) is 46.5. The van der Waals surface area contributed by atoms with Crippen LogP contribution in [0, 0.1) is 51.8 Å². The predicted molar refractivity (Wildman–Crippen MR) is 125 cm³/mol. The molecule has 0 spiro atoms. The highest BCUT2D eigenvalue weighted by molar-refractivity contribution is 5.80. The summed E-state index contributed by atoms with van der Waals surface area (Å²) in [6.45, 7) is 11.9. The zero-order valence-electron chi connectivity index (χ0n) is 20.7. The number of carboxylic acid groups (broad SMARTS) is 1. The summed E-state index contributed by atoms with van der Waals surface area (Å²) >= 11 is 0. The Kier molecular flexibility index (Phi) is 6.14. The molecule has 4 saturated carbocycles. The standard InChI is InChI=1S/C28H46O3/c1-18(7-6-8-19(2)25(30)31)22-9-10-23-21-12-14-26(3)17-20(29)11-16-28(26,5)24(21)13-15-27(22,23)4/h18-19,21-24H,6-17H2,1-5H3,(H,30,31)/t18?,19-,21?,22-,23?,24?,26?,27-,28-/m1/s1. The Balaban J connectivity index is 1.45. The highest BCUT2D eigenvalue weighted by Crippen LogP contribution is 2.71. The largest absolute Gasteiger partial charge is 0.481 e. The van der Waals surface area contributed by atoms with Gasteiger partial charge >= 0.3 is 5.97 Å². The van der Waals surface area contributed by atoms with Gasteiger partial charge in [0, 0.05) is 12.8 Å². The van der Waals surface area contributed by atoms with E-state index in [9.17, 15) is 14.7 Å². The molecule has 5 unspecified atom stereocenters. The summed E-state index contributed by atoms with van der Waals surface area (Å²) in [5.74, 6) is 3.66. The number of aliphatic carboxylic acids is 1. The van der Waals surface area contributed by atoms with Crippen LogP contribution >= 0.6 is 0 Å². The van der Waals surface area contributed by atoms with Crippen molar-refractivity contribution < 1.29 is 14.7 Å². The smallest absolute Gasteiger partial charge is 0.306 e. The van der Waals surface area contributed by atoms with Crippen LogP contribution in [0.5, 0.6) is 0 Å². The van der Waals surface area contributed by atoms with E-state index in [0.717, 1.165) is 55.8 Å². The SMILES string of the molecule is CC(CCC[C@@H](C)C(=O)O)[C@H]1CCC2C3CCC4(C)CC(=O)CC[C@]4(C)C3CC[C@@]21C. The van der Waals surface area contributed by atoms with Gasteiger partial charge in [0.05, 0.1) is 5.92 Å². The molecular weight excluding hydrogens is 384 g/mol. The molecule has 0 saturated heterocycles. The number of carboxylic acids is 1. The van der Waals surface area contributed by atoms with Gasteiger partial charge in [0.25, 0.3) is 0 Å². The quantitative estimate of drug-likeness (QED) is 0.487. The lowest BCUT2D eigenvalue weighted by Crippen LogP contribution is -2.57. The Labute approximate surface area is 190 Å². The molecule has 4 fully saturated rings. The molecule has 0 radical (unpaired) electrons. The average Bonchev–Trinajstić information content (AvgIpc) is 3.06. The van der Waals surface area contributed by atoms with Crippen LogP contribution in [0.25, 0.3) is 0 Å². The minimum atomic E-state index is -0.652. The molecule has 4 aliphatic rings. The minimum absolute atomic E-state index is 0.214. The second-order valence-electron chi connectivity index (χ2n) is 13.0. The van der Waals surface area contributed by atoms with Gasteiger partial charge < -0.3 is 5.11 Å². The van der Waals surface area contributed by atoms with Gasteiger partial charge in [-0.15, -0.1) is 0 Å². The van der Waals surface area contributed by atoms with Crippen molar-refractivity contribution in [3.05, 3.63) is 0 Å². The van der Waals surface area contributed by atoms with Crippen LogP contribution in [0.3, 0.4) is 0 Å². The predicted octanol–water partition coefficient (Wildman–Crippen LogP) is 7.13. The molecule has 0 aromatic carbocycles. The zero-order valence-corrected chi connectivity index (χ0v) is 20.7. The fraction of sp³-hybridized carbons (Fsp3) is 0.929. The second-order valence-corrected chi connectivity index (χ2v) is 13.0. The first-order valence-corrected chi connectivity index (χ1v) is 13.3. The number of carbonyl (C=O) groups excluding carboxylic acids is 1. The fourth-order valence-corrected chi connectivity index (χ4v) is 9.45. The average molecular weight is 431 g/mol. The Hall–Kier alpha value is -0.860. The third-order valence-electron chi connectivity index (χ3n) is 11.7. The van der Waals surface area contributed by atoms with E-state index < -0.39 is 5.97 Å². The number of ketones is 1. The van der Waals surface area contributed by atoms with Crippen molar-refractivity contribution in [1.82, 2.24) is 0 Å². The lowest BCUT2D eigenvalue weighted by atomic mass is 9.40. The van der Waals surface area contributed by atoms with Crippen LogP contribution in [0.1, 0.15) is 112 Å². The van der Waals surface area contributed by atoms with Crippen molar-refractivity contribution in [2.24, 2.45) is 51.8 Å². The molecule has 0 heterocycles. The third-order valence-corrected chi connectivity index (χ3v) is 11.7. The maximum atomic E-state index is 12.3. The number of hydrogen-bond donors (Lipinski definition) is 1. The molecule has 31 heavy (non-hydrogen) atoms. The van der Waals surface area contributed by atoms with Crippen LogP contribution in [-0.2, 0) is 9.59 Å². The topological polar surface area (TPSA) is 54.4 Å². The van der Waals surface area contributed by atoms with Crippen LogP contribution in [0.2, 0.25) is 0 Å². The van der Waals surface area contributed by atoms with Gasteiger partial charge in [-0.2, -0.15) is 0 Å². The molecule has 0 aromatic rings. The van der Waals surface area contributed by atoms with Crippen molar-refractivity contribution in [2.45, 2.75) is 112 Å². The number of Topliss-reactive ketones (excluding diaryl/α,β-unsaturated/α-hetero) is 1. The van der Waals surface area contributed by atoms with E-state index in [1.807, 2.05) is 6.92 Å². The van der Waals surface area contributed by atoms with E-state index in [-0.39, 0.29) is 11.3 Å². The van der Waals surface area contributed by atoms with Crippen LogP contribution in [0.4, 0.5) is 0 Å². The van der Waals surface area contributed by atoms with Gasteiger partial charge in [-0.3, -0.25) is 9.59 Å². The summed E-state index contributed by atoms with van der Waals surface area (Å²) < 4.78 is 0. The molecule has 1 N–H and O–H groups in total. The zero-order chi connectivity index (χ0) is 22.6. The number of hydrogen-bond acceptors (Lipinski definition) is 2. The Morgan fingerprint density at radius 2 is 1.74 bits per heavy atom. The van der Waals surface area contributed by atoms with Crippen LogP contribution in [0.15, 0.2) is 0 Å². The van der Waals surface area contributed by atoms with Crippen molar-refractivity contribution in [3.8, 4) is 0 Å². The van der Waals surface area contributed by atoms with Gasteiger partial charge in [-0.25, -0.2) is 0 Å². The number of carbonyl (C=O) groups is 2. The second kappa shape index (κ2) is 8.17. The lowest BCUT2D eigenvalue weighted by molar-refractivity contribution is -0.164. The lowest BCUT2D eigenvalue weighted by Gasteiger charge is -2.64. The van der Waals surface area contributed by atoms with Crippen LogP contribution < -0.4 is 0 Å². The van der Waals surface area contributed by atoms with Gasteiger partial charge in [-0.05, 0) is 97.2 Å². The summed E-state index contributed by atoms with van der Waals surface area (Å²) in [5.41, 5.74) is 1.04. The van der Waals surface area contributed by atoms with Gasteiger partial charge in [0.1, 0.15) is 5.78 Å². The highest BCUT2D eigenvalue weighted by atomic mass is 16.4. The molecule has 176 valence electrons. The van der Waals surface area contributed by atoms with E-state index in [2.05, 4.69) is 27.7 Å². The van der Waals surface area contributed by atoms with E-state index in [1.54, 1.807) is 0 Å². The van der Waals surface area contributed by atoms with E-state index in [4.69, 9.17) is 0 Å². The highest BCUT2D eigenvalue weighted by Gasteiger charge is 2.63. The molecule has 0 bridgehead atoms. The van der Waals surface area contributed by atoms with Gasteiger partial charge in [0.15, 0.2) is 0 Å². The minimum Gasteiger partial charge on any atom is -0.481 e. The van der Waals surface area contributed by atoms with Crippen molar-refractivity contribution in [1.29, 1.82) is 0 Å². The Morgan fingerprint density at radius 3 is 2.45 bits per heavy atom. The first kappa shape index (κ1) is 23.3. The molecule has 3 heteroatoms. The van der Waals surface area contributed by atoms with Gasteiger partial charge in [-0.1, -0.05) is 47.5 Å². The number of fused-ring (bicyclic) bond motifs is 5. The van der Waals surface area contributed by atoms with Crippen molar-refractivity contribution in [2.75, 3.05) is 0 Å². The Morgan fingerprint density at radius 1 is 1.00 bits per heavy atom. The molecule has 9 atom stereocenters. The van der Waals surface area contributed by atoms with E-state index in [0.29, 0.717) is 22.5 Å². The van der Waals surface area contributed by atoms with E-state index in [1.165, 1.54) is 44.9 Å². The third kappa shape index (κ3) is 3.70. The molecule has 4 rings (SSSR count). The maximum absolute atomic E-state index is 12.3. The first-order valence-electron chi connectivity index (χ1n) is 13.3. The van der Waals surface area contributed by atoms with Crippen molar-refractivity contribution >= 4 is 11.8 Å². The summed E-state index contributed by atoms with van der Waals surface area (Å²) in [7, 11) is 0. The summed E-state index contributed by atoms with van der Waals surface area (Å²) in [5, 5.41) is 9.18. The molecule has 0 aliphatic heterocycles. The van der Waals surface area contributed by atoms with Gasteiger partial charge in [0.2, 0.25) is 0 Å². The molecule has 0 amide bonds. The Bertz CT molecular complexity index is 715. The summed E-state index contributed by atoms with van der Waals surface area (Å²) in [4.78, 5) is 23.5. The monoisotopic (exact) mass is 430 g/mol. The van der Waals surface area contributed by atoms with Crippen LogP contribution in [-0.4, -0.2) is 16.9 Å². The summed E-state index contributed by atoms with van der Waals surface area (Å²) in [6.07, 6.45) is 13.8. The molecular formula is C28H46O3. The maximum Gasteiger partial charge on any atom is 0.306 e. The molecule has 4 aliphatic carbocycles. The van der Waals surface area contributed by atoms with E-state index >= 15 is 0 Å².